The molecule has 0 spiro atoms. The third-order valence-corrected chi connectivity index (χ3v) is 4.66. The lowest BCUT2D eigenvalue weighted by Gasteiger charge is -2.22. The molecule has 0 bridgehead atoms. The van der Waals surface area contributed by atoms with Crippen molar-refractivity contribution < 1.29 is 23.9 Å². The van der Waals surface area contributed by atoms with Crippen molar-refractivity contribution in [1.29, 1.82) is 0 Å². The van der Waals surface area contributed by atoms with Crippen molar-refractivity contribution in [3.8, 4) is 11.5 Å². The zero-order valence-electron chi connectivity index (χ0n) is 17.6. The zero-order valence-corrected chi connectivity index (χ0v) is 19.1. The van der Waals surface area contributed by atoms with Gasteiger partial charge in [-0.2, -0.15) is 0 Å². The van der Waals surface area contributed by atoms with E-state index in [4.69, 9.17) is 9.47 Å². The molecule has 0 heterocycles. The molecule has 0 radical (unpaired) electrons. The number of halogens is 1. The number of hydrogen-bond donors (Lipinski definition) is 3. The summed E-state index contributed by atoms with van der Waals surface area (Å²) in [6, 6.07) is 15.1. The monoisotopic (exact) mass is 491 g/mol. The Morgan fingerprint density at radius 1 is 0.903 bits per heavy atom. The summed E-state index contributed by atoms with van der Waals surface area (Å²) in [5.41, 5.74) is 4.66. The Bertz CT molecular complexity index is 892. The van der Waals surface area contributed by atoms with E-state index >= 15 is 0 Å². The molecule has 3 amide bonds. The van der Waals surface area contributed by atoms with Crippen LogP contribution in [0.1, 0.15) is 20.8 Å². The van der Waals surface area contributed by atoms with Gasteiger partial charge in [-0.1, -0.05) is 54.0 Å². The second-order valence-corrected chi connectivity index (χ2v) is 8.00. The van der Waals surface area contributed by atoms with E-state index in [-0.39, 0.29) is 12.5 Å². The van der Waals surface area contributed by atoms with Crippen LogP contribution in [0.4, 0.5) is 0 Å². The second-order valence-electron chi connectivity index (χ2n) is 7.09. The number of carbonyl (C=O) groups excluding carboxylic acids is 3. The zero-order chi connectivity index (χ0) is 22.8. The lowest BCUT2D eigenvalue weighted by Crippen LogP contribution is -2.56. The highest BCUT2D eigenvalue weighted by atomic mass is 79.9. The minimum Gasteiger partial charge on any atom is -0.484 e. The van der Waals surface area contributed by atoms with Gasteiger partial charge in [-0.05, 0) is 43.2 Å². The number of hydrazine groups is 1. The van der Waals surface area contributed by atoms with Gasteiger partial charge in [0.1, 0.15) is 17.5 Å². The van der Waals surface area contributed by atoms with Crippen LogP contribution in [0, 0.1) is 5.92 Å². The fourth-order valence-corrected chi connectivity index (χ4v) is 2.89. The van der Waals surface area contributed by atoms with Crippen molar-refractivity contribution in [3.63, 3.8) is 0 Å². The normalized spacial score (nSPS) is 12.4. The first-order valence-corrected chi connectivity index (χ1v) is 10.5. The van der Waals surface area contributed by atoms with Gasteiger partial charge >= 0.3 is 0 Å². The number of amides is 3. The van der Waals surface area contributed by atoms with Gasteiger partial charge in [0, 0.05) is 4.47 Å². The predicted octanol–water partition coefficient (Wildman–Crippen LogP) is 2.58. The Morgan fingerprint density at radius 3 is 2.19 bits per heavy atom. The molecule has 2 unspecified atom stereocenters. The number of carbonyl (C=O) groups is 3. The number of para-hydroxylation sites is 1. The molecule has 31 heavy (non-hydrogen) atoms. The topological polar surface area (TPSA) is 106 Å². The van der Waals surface area contributed by atoms with Gasteiger partial charge in [-0.3, -0.25) is 25.2 Å². The van der Waals surface area contributed by atoms with E-state index < -0.39 is 29.9 Å². The van der Waals surface area contributed by atoms with E-state index in [9.17, 15) is 14.4 Å². The van der Waals surface area contributed by atoms with Crippen molar-refractivity contribution in [1.82, 2.24) is 16.2 Å². The largest absolute Gasteiger partial charge is 0.484 e. The highest BCUT2D eigenvalue weighted by Gasteiger charge is 2.25. The van der Waals surface area contributed by atoms with Crippen molar-refractivity contribution in [2.75, 3.05) is 6.61 Å². The minimum atomic E-state index is -0.853. The Kier molecular flexibility index (Phi) is 9.33. The standard InChI is InChI=1S/C22H26BrN3O5/c1-14(2)20(24-19(27)13-30-17-9-5-4-6-10-17)22(29)26-25-21(28)15(3)31-18-11-7-8-16(23)12-18/h4-12,14-15,20H,13H2,1-3H3,(H,24,27)(H,25,28)(H,26,29). The molecule has 9 heteroatoms. The molecule has 2 rings (SSSR count). The van der Waals surface area contributed by atoms with E-state index in [0.29, 0.717) is 11.5 Å². The molecule has 0 saturated carbocycles. The number of ether oxygens (including phenoxy) is 2. The molecule has 166 valence electrons. The summed E-state index contributed by atoms with van der Waals surface area (Å²) in [5.74, 6) is -0.687. The van der Waals surface area contributed by atoms with E-state index in [1.807, 2.05) is 12.1 Å². The van der Waals surface area contributed by atoms with Crippen LogP contribution in [-0.4, -0.2) is 36.5 Å². The minimum absolute atomic E-state index is 0.215. The van der Waals surface area contributed by atoms with E-state index in [1.165, 1.54) is 0 Å². The first kappa shape index (κ1) is 24.2. The fourth-order valence-electron chi connectivity index (χ4n) is 2.52. The van der Waals surface area contributed by atoms with Crippen LogP contribution in [-0.2, 0) is 14.4 Å². The van der Waals surface area contributed by atoms with Gasteiger partial charge in [0.2, 0.25) is 0 Å². The van der Waals surface area contributed by atoms with Crippen molar-refractivity contribution in [2.45, 2.75) is 32.9 Å². The highest BCUT2D eigenvalue weighted by Crippen LogP contribution is 2.18. The molecule has 0 aliphatic rings. The summed E-state index contributed by atoms with van der Waals surface area (Å²) in [5, 5.41) is 2.62. The van der Waals surface area contributed by atoms with E-state index in [0.717, 1.165) is 4.47 Å². The number of rotatable bonds is 9. The van der Waals surface area contributed by atoms with Gasteiger partial charge in [0.15, 0.2) is 12.7 Å². The highest BCUT2D eigenvalue weighted by molar-refractivity contribution is 9.10. The SMILES string of the molecule is CC(Oc1cccc(Br)c1)C(=O)NNC(=O)C(NC(=O)COc1ccccc1)C(C)C. The Labute approximate surface area is 189 Å². The average Bonchev–Trinajstić information content (AvgIpc) is 2.74. The summed E-state index contributed by atoms with van der Waals surface area (Å²) in [6.07, 6.45) is -0.846. The third-order valence-electron chi connectivity index (χ3n) is 4.17. The van der Waals surface area contributed by atoms with Crippen LogP contribution in [0.15, 0.2) is 59.1 Å². The van der Waals surface area contributed by atoms with Gasteiger partial charge in [-0.15, -0.1) is 0 Å². The molecule has 3 N–H and O–H groups in total. The maximum absolute atomic E-state index is 12.5. The van der Waals surface area contributed by atoms with Crippen LogP contribution in [0.5, 0.6) is 11.5 Å². The summed E-state index contributed by atoms with van der Waals surface area (Å²) < 4.78 is 11.8. The van der Waals surface area contributed by atoms with Crippen molar-refractivity contribution >= 4 is 33.7 Å². The molecule has 0 saturated heterocycles. The van der Waals surface area contributed by atoms with Gasteiger partial charge in [0.25, 0.3) is 17.7 Å². The van der Waals surface area contributed by atoms with Gasteiger partial charge in [-0.25, -0.2) is 0 Å². The third kappa shape index (κ3) is 8.29. The molecule has 2 atom stereocenters. The number of hydrogen-bond acceptors (Lipinski definition) is 5. The lowest BCUT2D eigenvalue weighted by molar-refractivity contribution is -0.135. The maximum Gasteiger partial charge on any atom is 0.279 e. The lowest BCUT2D eigenvalue weighted by atomic mass is 10.0. The summed E-state index contributed by atoms with van der Waals surface area (Å²) in [4.78, 5) is 36.9. The van der Waals surface area contributed by atoms with Crippen LogP contribution >= 0.6 is 15.9 Å². The van der Waals surface area contributed by atoms with E-state index in [2.05, 4.69) is 32.1 Å². The molecule has 0 aliphatic carbocycles. The quantitative estimate of drug-likeness (QED) is 0.467. The number of benzene rings is 2. The van der Waals surface area contributed by atoms with E-state index in [1.54, 1.807) is 63.2 Å². The maximum atomic E-state index is 12.5. The molecular weight excluding hydrogens is 466 g/mol. The van der Waals surface area contributed by atoms with Crippen LogP contribution in [0.2, 0.25) is 0 Å². The second kappa shape index (κ2) is 11.9. The number of nitrogens with one attached hydrogen (secondary N) is 3. The molecular formula is C22H26BrN3O5. The predicted molar refractivity (Wildman–Crippen MR) is 119 cm³/mol. The first-order valence-electron chi connectivity index (χ1n) is 9.75. The summed E-state index contributed by atoms with van der Waals surface area (Å²) in [6.45, 7) is 4.89. The summed E-state index contributed by atoms with van der Waals surface area (Å²) in [7, 11) is 0. The molecule has 2 aromatic rings. The molecule has 0 fully saturated rings. The van der Waals surface area contributed by atoms with Crippen LogP contribution in [0.25, 0.3) is 0 Å². The molecule has 0 aromatic heterocycles. The van der Waals surface area contributed by atoms with Crippen molar-refractivity contribution in [2.24, 2.45) is 5.92 Å². The van der Waals surface area contributed by atoms with Crippen molar-refractivity contribution in [3.05, 3.63) is 59.1 Å². The van der Waals surface area contributed by atoms with Gasteiger partial charge in [0.05, 0.1) is 0 Å². The Hall–Kier alpha value is -3.07. The average molecular weight is 492 g/mol. The van der Waals surface area contributed by atoms with Gasteiger partial charge < -0.3 is 14.8 Å². The Morgan fingerprint density at radius 2 is 1.55 bits per heavy atom. The molecule has 2 aromatic carbocycles. The molecule has 0 aliphatic heterocycles. The van der Waals surface area contributed by atoms with Crippen LogP contribution in [0.3, 0.4) is 0 Å². The molecule has 8 nitrogen and oxygen atoms in total. The summed E-state index contributed by atoms with van der Waals surface area (Å²) >= 11 is 3.33. The smallest absolute Gasteiger partial charge is 0.279 e. The Balaban J connectivity index is 1.82. The van der Waals surface area contributed by atoms with Crippen LogP contribution < -0.4 is 25.6 Å². The first-order chi connectivity index (χ1) is 14.8. The fraction of sp³-hybridized carbons (Fsp3) is 0.318.